The van der Waals surface area contributed by atoms with Gasteiger partial charge >= 0.3 is 5.97 Å². The summed E-state index contributed by atoms with van der Waals surface area (Å²) in [6, 6.07) is 2.66. The Morgan fingerprint density at radius 3 is 2.75 bits per heavy atom. The van der Waals surface area contributed by atoms with Crippen molar-refractivity contribution in [1.29, 1.82) is 0 Å². The zero-order valence-electron chi connectivity index (χ0n) is 12.5. The van der Waals surface area contributed by atoms with Gasteiger partial charge in [-0.2, -0.15) is 0 Å². The monoisotopic (exact) mass is 334 g/mol. The number of carbonyl (C=O) groups is 1. The summed E-state index contributed by atoms with van der Waals surface area (Å²) in [5, 5.41) is 20.3. The minimum Gasteiger partial charge on any atom is -0.476 e. The summed E-state index contributed by atoms with van der Waals surface area (Å²) in [7, 11) is 0. The number of ether oxygens (including phenoxy) is 1. The van der Waals surface area contributed by atoms with Crippen molar-refractivity contribution in [3.05, 3.63) is 43.9 Å². The van der Waals surface area contributed by atoms with E-state index in [0.29, 0.717) is 38.4 Å². The standard InChI is InChI=1S/C14H14N4O6/c19-13-12(14(20)21)15-9-5-8(7-17-1-3-24-4-2-17)11(18(22)23)6-10(9)16-13/h5-6H,1-4,7H2,(H,16,19)(H,20,21). The number of fused-ring (bicyclic) bond motifs is 1. The topological polar surface area (TPSA) is 139 Å². The SMILES string of the molecule is O=C(O)c1nc2cc(CN3CCOCC3)c([N+](=O)[O-])cc2[nH]c1=O. The third kappa shape index (κ3) is 3.09. The van der Waals surface area contributed by atoms with Crippen molar-refractivity contribution in [2.45, 2.75) is 6.54 Å². The first-order valence-corrected chi connectivity index (χ1v) is 7.20. The van der Waals surface area contributed by atoms with Crippen LogP contribution in [0.2, 0.25) is 0 Å². The zero-order valence-corrected chi connectivity index (χ0v) is 12.5. The second-order valence-corrected chi connectivity index (χ2v) is 5.36. The van der Waals surface area contributed by atoms with Crippen LogP contribution >= 0.6 is 0 Å². The van der Waals surface area contributed by atoms with Gasteiger partial charge in [0.2, 0.25) is 5.69 Å². The summed E-state index contributed by atoms with van der Waals surface area (Å²) < 4.78 is 5.25. The molecule has 1 fully saturated rings. The molecule has 10 nitrogen and oxygen atoms in total. The van der Waals surface area contributed by atoms with Crippen molar-refractivity contribution in [2.75, 3.05) is 26.3 Å². The molecule has 1 aromatic heterocycles. The highest BCUT2D eigenvalue weighted by Gasteiger charge is 2.21. The lowest BCUT2D eigenvalue weighted by atomic mass is 10.1. The fourth-order valence-electron chi connectivity index (χ4n) is 2.61. The molecular weight excluding hydrogens is 320 g/mol. The number of nitrogens with zero attached hydrogens (tertiary/aromatic N) is 3. The van der Waals surface area contributed by atoms with Gasteiger partial charge in [-0.05, 0) is 6.07 Å². The maximum Gasteiger partial charge on any atom is 0.360 e. The van der Waals surface area contributed by atoms with Crippen molar-refractivity contribution >= 4 is 22.7 Å². The highest BCUT2D eigenvalue weighted by atomic mass is 16.6. The van der Waals surface area contributed by atoms with E-state index in [-0.39, 0.29) is 16.7 Å². The third-order valence-electron chi connectivity index (χ3n) is 3.79. The normalized spacial score (nSPS) is 15.5. The maximum absolute atomic E-state index is 11.7. The molecule has 0 unspecified atom stereocenters. The molecule has 1 aliphatic rings. The van der Waals surface area contributed by atoms with Crippen LogP contribution in [0.5, 0.6) is 0 Å². The first-order valence-electron chi connectivity index (χ1n) is 7.20. The molecule has 0 radical (unpaired) electrons. The van der Waals surface area contributed by atoms with Gasteiger partial charge in [0.15, 0.2) is 0 Å². The Bertz CT molecular complexity index is 871. The van der Waals surface area contributed by atoms with Gasteiger partial charge in [0.25, 0.3) is 11.2 Å². The molecule has 1 aliphatic heterocycles. The minimum absolute atomic E-state index is 0.127. The lowest BCUT2D eigenvalue weighted by molar-refractivity contribution is -0.385. The highest BCUT2D eigenvalue weighted by Crippen LogP contribution is 2.25. The Labute approximate surface area is 134 Å². The number of aromatic carboxylic acids is 1. The molecule has 0 atom stereocenters. The Morgan fingerprint density at radius 2 is 2.12 bits per heavy atom. The first kappa shape index (κ1) is 16.0. The first-order chi connectivity index (χ1) is 11.5. The van der Waals surface area contributed by atoms with Crippen LogP contribution in [0, 0.1) is 10.1 Å². The predicted molar refractivity (Wildman–Crippen MR) is 82.1 cm³/mol. The van der Waals surface area contributed by atoms with E-state index in [0.717, 1.165) is 0 Å². The molecule has 0 saturated carbocycles. The lowest BCUT2D eigenvalue weighted by Gasteiger charge is -2.26. The number of hydrogen-bond acceptors (Lipinski definition) is 7. The van der Waals surface area contributed by atoms with Crippen molar-refractivity contribution in [2.24, 2.45) is 0 Å². The zero-order chi connectivity index (χ0) is 17.3. The molecule has 2 heterocycles. The Hall–Kier alpha value is -2.85. The van der Waals surface area contributed by atoms with Gasteiger partial charge in [-0.15, -0.1) is 0 Å². The molecule has 0 spiro atoms. The molecule has 3 rings (SSSR count). The van der Waals surface area contributed by atoms with Gasteiger partial charge in [-0.25, -0.2) is 9.78 Å². The fraction of sp³-hybridized carbons (Fsp3) is 0.357. The predicted octanol–water partition coefficient (Wildman–Crippen LogP) is 0.362. The summed E-state index contributed by atoms with van der Waals surface area (Å²) in [6.45, 7) is 2.72. The van der Waals surface area contributed by atoms with Crippen LogP contribution in [0.4, 0.5) is 5.69 Å². The average Bonchev–Trinajstić information content (AvgIpc) is 2.54. The molecule has 126 valence electrons. The second-order valence-electron chi connectivity index (χ2n) is 5.36. The van der Waals surface area contributed by atoms with Gasteiger partial charge in [0, 0.05) is 31.3 Å². The second kappa shape index (κ2) is 6.34. The van der Waals surface area contributed by atoms with Crippen molar-refractivity contribution in [3.63, 3.8) is 0 Å². The fourth-order valence-corrected chi connectivity index (χ4v) is 2.61. The summed E-state index contributed by atoms with van der Waals surface area (Å²) in [4.78, 5) is 41.6. The van der Waals surface area contributed by atoms with Crippen LogP contribution in [0.1, 0.15) is 16.1 Å². The molecule has 1 aromatic carbocycles. The van der Waals surface area contributed by atoms with E-state index >= 15 is 0 Å². The number of aromatic amines is 1. The number of nitro benzene ring substituents is 1. The van der Waals surface area contributed by atoms with Gasteiger partial charge in [-0.3, -0.25) is 19.8 Å². The van der Waals surface area contributed by atoms with Crippen LogP contribution in [0.25, 0.3) is 11.0 Å². The third-order valence-corrected chi connectivity index (χ3v) is 3.79. The number of H-pyrrole nitrogens is 1. The van der Waals surface area contributed by atoms with Crippen LogP contribution in [-0.2, 0) is 11.3 Å². The van der Waals surface area contributed by atoms with Crippen molar-refractivity contribution in [3.8, 4) is 0 Å². The van der Waals surface area contributed by atoms with E-state index in [1.807, 2.05) is 4.90 Å². The molecule has 0 amide bonds. The molecule has 0 aliphatic carbocycles. The largest absolute Gasteiger partial charge is 0.476 e. The van der Waals surface area contributed by atoms with Crippen LogP contribution in [0.3, 0.4) is 0 Å². The van der Waals surface area contributed by atoms with Crippen molar-refractivity contribution < 1.29 is 19.6 Å². The van der Waals surface area contributed by atoms with Crippen molar-refractivity contribution in [1.82, 2.24) is 14.9 Å². The number of benzene rings is 1. The van der Waals surface area contributed by atoms with E-state index in [4.69, 9.17) is 9.84 Å². The van der Waals surface area contributed by atoms with E-state index in [1.54, 1.807) is 0 Å². The summed E-state index contributed by atoms with van der Waals surface area (Å²) >= 11 is 0. The van der Waals surface area contributed by atoms with Crippen LogP contribution in [0.15, 0.2) is 16.9 Å². The number of morpholine rings is 1. The van der Waals surface area contributed by atoms with E-state index in [9.17, 15) is 19.7 Å². The van der Waals surface area contributed by atoms with Gasteiger partial charge < -0.3 is 14.8 Å². The molecule has 2 aromatic rings. The quantitative estimate of drug-likeness (QED) is 0.603. The number of rotatable bonds is 4. The lowest BCUT2D eigenvalue weighted by Crippen LogP contribution is -2.35. The number of carboxylic acids is 1. The van der Waals surface area contributed by atoms with Crippen LogP contribution in [-0.4, -0.2) is 57.2 Å². The number of carboxylic acid groups (broad SMARTS) is 1. The molecule has 2 N–H and O–H groups in total. The molecule has 0 bridgehead atoms. The van der Waals surface area contributed by atoms with Gasteiger partial charge in [0.1, 0.15) is 0 Å². The molecular formula is C14H14N4O6. The minimum atomic E-state index is -1.45. The number of aromatic nitrogens is 2. The Morgan fingerprint density at radius 1 is 1.42 bits per heavy atom. The smallest absolute Gasteiger partial charge is 0.360 e. The Kier molecular flexibility index (Phi) is 4.23. The van der Waals surface area contributed by atoms with Gasteiger partial charge in [0.05, 0.1) is 29.2 Å². The van der Waals surface area contributed by atoms with E-state index in [1.165, 1.54) is 12.1 Å². The maximum atomic E-state index is 11.7. The summed E-state index contributed by atoms with van der Waals surface area (Å²) in [5.74, 6) is -1.45. The van der Waals surface area contributed by atoms with E-state index < -0.39 is 22.1 Å². The summed E-state index contributed by atoms with van der Waals surface area (Å²) in [6.07, 6.45) is 0. The number of nitro groups is 1. The summed E-state index contributed by atoms with van der Waals surface area (Å²) in [5.41, 5.74) is -0.956. The molecule has 1 saturated heterocycles. The average molecular weight is 334 g/mol. The van der Waals surface area contributed by atoms with Gasteiger partial charge in [-0.1, -0.05) is 0 Å². The molecule has 24 heavy (non-hydrogen) atoms. The molecule has 10 heteroatoms. The highest BCUT2D eigenvalue weighted by molar-refractivity contribution is 5.88. The van der Waals surface area contributed by atoms with Crippen LogP contribution < -0.4 is 5.56 Å². The Balaban J connectivity index is 2.09. The number of hydrogen-bond donors (Lipinski definition) is 2. The number of nitrogens with one attached hydrogen (secondary N) is 1. The van der Waals surface area contributed by atoms with E-state index in [2.05, 4.69) is 9.97 Å².